The summed E-state index contributed by atoms with van der Waals surface area (Å²) in [5.41, 5.74) is 0. The van der Waals surface area contributed by atoms with Crippen molar-refractivity contribution in [2.45, 2.75) is 26.4 Å². The summed E-state index contributed by atoms with van der Waals surface area (Å²) in [5.74, 6) is -0.213. The number of thiophene rings is 1. The van der Waals surface area contributed by atoms with Gasteiger partial charge in [-0.25, -0.2) is 0 Å². The van der Waals surface area contributed by atoms with Crippen molar-refractivity contribution in [2.24, 2.45) is 5.92 Å². The summed E-state index contributed by atoms with van der Waals surface area (Å²) < 4.78 is 0. The van der Waals surface area contributed by atoms with Crippen molar-refractivity contribution in [3.8, 4) is 0 Å². The van der Waals surface area contributed by atoms with Gasteiger partial charge in [0.25, 0.3) is 5.91 Å². The largest absolute Gasteiger partial charge is 0.393 e. The van der Waals surface area contributed by atoms with Gasteiger partial charge in [0.05, 0.1) is 17.5 Å². The molecule has 0 aliphatic carbocycles. The second-order valence-corrected chi connectivity index (χ2v) is 6.55. The van der Waals surface area contributed by atoms with E-state index in [0.29, 0.717) is 24.4 Å². The topological polar surface area (TPSA) is 69.6 Å². The van der Waals surface area contributed by atoms with Gasteiger partial charge in [0.1, 0.15) is 0 Å². The van der Waals surface area contributed by atoms with Crippen LogP contribution in [0, 0.1) is 12.8 Å². The molecular weight excluding hydrogens is 276 g/mol. The van der Waals surface area contributed by atoms with Crippen LogP contribution < -0.4 is 5.32 Å². The summed E-state index contributed by atoms with van der Waals surface area (Å²) in [6.45, 7) is 4.98. The van der Waals surface area contributed by atoms with E-state index in [0.717, 1.165) is 4.88 Å². The maximum atomic E-state index is 12.0. The fourth-order valence-electron chi connectivity index (χ4n) is 2.27. The maximum Gasteiger partial charge on any atom is 0.261 e. The number of hydrogen-bond acceptors (Lipinski definition) is 4. The van der Waals surface area contributed by atoms with E-state index < -0.39 is 0 Å². The average molecular weight is 296 g/mol. The highest BCUT2D eigenvalue weighted by Gasteiger charge is 2.27. The van der Waals surface area contributed by atoms with Crippen molar-refractivity contribution in [2.75, 3.05) is 19.6 Å². The van der Waals surface area contributed by atoms with Crippen molar-refractivity contribution in [1.82, 2.24) is 10.2 Å². The molecule has 0 saturated carbocycles. The van der Waals surface area contributed by atoms with Gasteiger partial charge in [-0.1, -0.05) is 6.92 Å². The molecule has 1 aliphatic rings. The lowest BCUT2D eigenvalue weighted by molar-refractivity contribution is -0.133. The number of nitrogens with one attached hydrogen (secondary N) is 1. The van der Waals surface area contributed by atoms with Crippen molar-refractivity contribution >= 4 is 23.2 Å². The normalized spacial score (nSPS) is 22.6. The Morgan fingerprint density at radius 2 is 2.25 bits per heavy atom. The van der Waals surface area contributed by atoms with Crippen LogP contribution in [-0.2, 0) is 4.79 Å². The zero-order chi connectivity index (χ0) is 14.7. The molecule has 0 spiro atoms. The number of aliphatic hydroxyl groups is 1. The molecule has 2 N–H and O–H groups in total. The Morgan fingerprint density at radius 1 is 1.50 bits per heavy atom. The lowest BCUT2D eigenvalue weighted by atomic mass is 9.97. The second-order valence-electron chi connectivity index (χ2n) is 5.27. The monoisotopic (exact) mass is 296 g/mol. The number of aliphatic hydroxyl groups excluding tert-OH is 1. The summed E-state index contributed by atoms with van der Waals surface area (Å²) in [5, 5.41) is 12.3. The number of hydrogen-bond donors (Lipinski definition) is 2. The van der Waals surface area contributed by atoms with Gasteiger partial charge in [0.15, 0.2) is 0 Å². The van der Waals surface area contributed by atoms with Gasteiger partial charge < -0.3 is 15.3 Å². The quantitative estimate of drug-likeness (QED) is 0.875. The third-order valence-electron chi connectivity index (χ3n) is 3.58. The highest BCUT2D eigenvalue weighted by Crippen LogP contribution is 2.17. The number of likely N-dealkylation sites (tertiary alicyclic amines) is 1. The van der Waals surface area contributed by atoms with Gasteiger partial charge in [-0.2, -0.15) is 0 Å². The highest BCUT2D eigenvalue weighted by molar-refractivity contribution is 7.13. The molecule has 1 aliphatic heterocycles. The van der Waals surface area contributed by atoms with Crippen LogP contribution >= 0.6 is 11.3 Å². The number of rotatable bonds is 3. The van der Waals surface area contributed by atoms with Crippen LogP contribution in [0.4, 0.5) is 0 Å². The van der Waals surface area contributed by atoms with E-state index in [-0.39, 0.29) is 30.4 Å². The molecule has 2 rings (SSSR count). The standard InChI is InChI=1S/C14H20N2O3S/c1-9-8-16(6-5-11(9)17)13(18)7-15-14(19)12-4-3-10(2)20-12/h3-4,9,11,17H,5-8H2,1-2H3,(H,15,19). The Hall–Kier alpha value is -1.40. The lowest BCUT2D eigenvalue weighted by Crippen LogP contribution is -2.48. The molecule has 0 aromatic carbocycles. The first-order chi connectivity index (χ1) is 9.47. The Bertz CT molecular complexity index is 500. The molecule has 6 heteroatoms. The van der Waals surface area contributed by atoms with E-state index in [1.54, 1.807) is 11.0 Å². The van der Waals surface area contributed by atoms with E-state index in [4.69, 9.17) is 0 Å². The van der Waals surface area contributed by atoms with E-state index in [2.05, 4.69) is 5.32 Å². The van der Waals surface area contributed by atoms with Crippen LogP contribution in [0.25, 0.3) is 0 Å². The first-order valence-corrected chi connectivity index (χ1v) is 7.59. The third kappa shape index (κ3) is 3.58. The van der Waals surface area contributed by atoms with Gasteiger partial charge in [0.2, 0.25) is 5.91 Å². The van der Waals surface area contributed by atoms with Crippen LogP contribution in [0.1, 0.15) is 27.9 Å². The molecule has 1 aromatic heterocycles. The molecule has 20 heavy (non-hydrogen) atoms. The molecule has 2 unspecified atom stereocenters. The van der Waals surface area contributed by atoms with Crippen LogP contribution in [0.5, 0.6) is 0 Å². The summed E-state index contributed by atoms with van der Waals surface area (Å²) in [4.78, 5) is 27.3. The highest BCUT2D eigenvalue weighted by atomic mass is 32.1. The molecule has 1 fully saturated rings. The fourth-order valence-corrected chi connectivity index (χ4v) is 3.06. The number of amides is 2. The molecule has 2 amide bonds. The van der Waals surface area contributed by atoms with Gasteiger partial charge in [-0.3, -0.25) is 9.59 Å². The Kier molecular flexibility index (Phi) is 4.77. The van der Waals surface area contributed by atoms with Crippen molar-refractivity contribution in [3.05, 3.63) is 21.9 Å². The van der Waals surface area contributed by atoms with Crippen LogP contribution in [0.3, 0.4) is 0 Å². The summed E-state index contributed by atoms with van der Waals surface area (Å²) in [6, 6.07) is 3.65. The molecule has 1 saturated heterocycles. The Balaban J connectivity index is 1.82. The minimum absolute atomic E-state index is 0.0125. The zero-order valence-corrected chi connectivity index (χ0v) is 12.6. The lowest BCUT2D eigenvalue weighted by Gasteiger charge is -2.34. The van der Waals surface area contributed by atoms with Gasteiger partial charge in [0, 0.05) is 18.0 Å². The number of carbonyl (C=O) groups is 2. The number of piperidine rings is 1. The summed E-state index contributed by atoms with van der Waals surface area (Å²) in [6.07, 6.45) is 0.271. The van der Waals surface area contributed by atoms with Crippen molar-refractivity contribution < 1.29 is 14.7 Å². The molecule has 5 nitrogen and oxygen atoms in total. The van der Waals surface area contributed by atoms with Crippen LogP contribution in [0.15, 0.2) is 12.1 Å². The molecular formula is C14H20N2O3S. The van der Waals surface area contributed by atoms with E-state index in [1.807, 2.05) is 19.9 Å². The molecule has 0 bridgehead atoms. The number of aryl methyl sites for hydroxylation is 1. The molecule has 2 heterocycles. The second kappa shape index (κ2) is 6.37. The van der Waals surface area contributed by atoms with E-state index in [1.165, 1.54) is 11.3 Å². The molecule has 0 radical (unpaired) electrons. The summed E-state index contributed by atoms with van der Waals surface area (Å²) in [7, 11) is 0. The van der Waals surface area contributed by atoms with Crippen molar-refractivity contribution in [1.29, 1.82) is 0 Å². The number of carbonyl (C=O) groups excluding carboxylic acids is 2. The Labute approximate surface area is 122 Å². The van der Waals surface area contributed by atoms with Crippen LogP contribution in [0.2, 0.25) is 0 Å². The predicted molar refractivity (Wildman–Crippen MR) is 77.8 cm³/mol. The fraction of sp³-hybridized carbons (Fsp3) is 0.571. The predicted octanol–water partition coefficient (Wildman–Crippen LogP) is 1.02. The first kappa shape index (κ1) is 15.0. The van der Waals surface area contributed by atoms with E-state index in [9.17, 15) is 14.7 Å². The smallest absolute Gasteiger partial charge is 0.261 e. The zero-order valence-electron chi connectivity index (χ0n) is 11.8. The van der Waals surface area contributed by atoms with Crippen LogP contribution in [-0.4, -0.2) is 47.6 Å². The van der Waals surface area contributed by atoms with Gasteiger partial charge >= 0.3 is 0 Å². The minimum Gasteiger partial charge on any atom is -0.393 e. The molecule has 2 atom stereocenters. The Morgan fingerprint density at radius 3 is 2.85 bits per heavy atom. The third-order valence-corrected chi connectivity index (χ3v) is 4.58. The van der Waals surface area contributed by atoms with Gasteiger partial charge in [-0.15, -0.1) is 11.3 Å². The first-order valence-electron chi connectivity index (χ1n) is 6.78. The van der Waals surface area contributed by atoms with Crippen molar-refractivity contribution in [3.63, 3.8) is 0 Å². The van der Waals surface area contributed by atoms with E-state index >= 15 is 0 Å². The van der Waals surface area contributed by atoms with Gasteiger partial charge in [-0.05, 0) is 31.4 Å². The average Bonchev–Trinajstić information content (AvgIpc) is 2.85. The molecule has 110 valence electrons. The maximum absolute atomic E-state index is 12.0. The summed E-state index contributed by atoms with van der Waals surface area (Å²) >= 11 is 1.41. The molecule has 1 aromatic rings. The minimum atomic E-state index is -0.331. The number of nitrogens with zero attached hydrogens (tertiary/aromatic N) is 1. The SMILES string of the molecule is Cc1ccc(C(=O)NCC(=O)N2CCC(O)C(C)C2)s1.